The van der Waals surface area contributed by atoms with Crippen LogP contribution < -0.4 is 5.32 Å². The van der Waals surface area contributed by atoms with Crippen LogP contribution in [0, 0.1) is 26.0 Å². The number of carbonyl (C=O) groups is 1. The van der Waals surface area contributed by atoms with E-state index in [2.05, 4.69) is 5.32 Å². The minimum atomic E-state index is -0.841. The Morgan fingerprint density at radius 2 is 1.78 bits per heavy atom. The average Bonchev–Trinajstić information content (AvgIpc) is 2.49. The van der Waals surface area contributed by atoms with Crippen LogP contribution in [0.1, 0.15) is 5.56 Å². The number of nitro groups is 2. The average molecular weight is 319 g/mol. The first-order chi connectivity index (χ1) is 10.9. The van der Waals surface area contributed by atoms with Crippen LogP contribution in [0.15, 0.2) is 42.5 Å². The predicted octanol–water partition coefficient (Wildman–Crippen LogP) is 2.82. The number of benzene rings is 2. The van der Waals surface area contributed by atoms with E-state index >= 15 is 0 Å². The number of halogens is 1. The first-order valence-corrected chi connectivity index (χ1v) is 6.34. The molecule has 2 aromatic rings. The van der Waals surface area contributed by atoms with Gasteiger partial charge < -0.3 is 5.32 Å². The molecule has 0 bridgehead atoms. The van der Waals surface area contributed by atoms with Gasteiger partial charge in [0.25, 0.3) is 11.4 Å². The Balaban J connectivity index is 2.19. The molecule has 0 aromatic heterocycles. The molecule has 0 fully saturated rings. The molecule has 0 unspecified atom stereocenters. The van der Waals surface area contributed by atoms with Gasteiger partial charge in [-0.05, 0) is 6.07 Å². The zero-order valence-electron chi connectivity index (χ0n) is 11.6. The molecular formula is C14H10FN3O5. The molecule has 0 spiro atoms. The largest absolute Gasteiger partial charge is 0.323 e. The van der Waals surface area contributed by atoms with Crippen LogP contribution in [-0.4, -0.2) is 15.8 Å². The number of anilines is 1. The molecule has 0 heterocycles. The van der Waals surface area contributed by atoms with E-state index in [0.717, 1.165) is 18.2 Å². The summed E-state index contributed by atoms with van der Waals surface area (Å²) in [7, 11) is 0. The van der Waals surface area contributed by atoms with Gasteiger partial charge in [0.15, 0.2) is 0 Å². The van der Waals surface area contributed by atoms with Crippen molar-refractivity contribution < 1.29 is 19.0 Å². The lowest BCUT2D eigenvalue weighted by molar-refractivity contribution is -0.385. The molecule has 1 N–H and O–H groups in total. The van der Waals surface area contributed by atoms with Crippen molar-refractivity contribution in [2.24, 2.45) is 0 Å². The fourth-order valence-corrected chi connectivity index (χ4v) is 1.93. The van der Waals surface area contributed by atoms with Gasteiger partial charge in [0.2, 0.25) is 5.91 Å². The lowest BCUT2D eigenvalue weighted by atomic mass is 10.1. The van der Waals surface area contributed by atoms with Gasteiger partial charge in [0.1, 0.15) is 5.82 Å². The summed E-state index contributed by atoms with van der Waals surface area (Å²) in [4.78, 5) is 32.1. The van der Waals surface area contributed by atoms with E-state index in [4.69, 9.17) is 0 Å². The molecule has 1 amide bonds. The molecule has 2 rings (SSSR count). The zero-order valence-corrected chi connectivity index (χ0v) is 11.6. The van der Waals surface area contributed by atoms with Crippen molar-refractivity contribution in [3.63, 3.8) is 0 Å². The highest BCUT2D eigenvalue weighted by Gasteiger charge is 2.17. The van der Waals surface area contributed by atoms with Gasteiger partial charge >= 0.3 is 0 Å². The smallest absolute Gasteiger partial charge is 0.273 e. The van der Waals surface area contributed by atoms with Crippen LogP contribution in [0.4, 0.5) is 21.5 Å². The van der Waals surface area contributed by atoms with Crippen molar-refractivity contribution in [2.75, 3.05) is 5.32 Å². The van der Waals surface area contributed by atoms with Gasteiger partial charge in [-0.1, -0.05) is 18.2 Å². The van der Waals surface area contributed by atoms with E-state index in [-0.39, 0.29) is 29.0 Å². The fourth-order valence-electron chi connectivity index (χ4n) is 1.93. The third kappa shape index (κ3) is 3.84. The third-order valence-corrected chi connectivity index (χ3v) is 2.97. The van der Waals surface area contributed by atoms with Crippen LogP contribution in [0.5, 0.6) is 0 Å². The predicted molar refractivity (Wildman–Crippen MR) is 78.5 cm³/mol. The van der Waals surface area contributed by atoms with Gasteiger partial charge in [0, 0.05) is 23.8 Å². The zero-order chi connectivity index (χ0) is 17.0. The topological polar surface area (TPSA) is 115 Å². The summed E-state index contributed by atoms with van der Waals surface area (Å²) in [6.07, 6.45) is -0.362. The Labute approximate surface area is 128 Å². The monoisotopic (exact) mass is 319 g/mol. The normalized spacial score (nSPS) is 10.1. The number of carbonyl (C=O) groups excluding carboxylic acids is 1. The molecule has 0 atom stereocenters. The maximum atomic E-state index is 13.6. The van der Waals surface area contributed by atoms with Gasteiger partial charge in [-0.25, -0.2) is 4.39 Å². The second kappa shape index (κ2) is 6.60. The Bertz CT molecular complexity index is 794. The Hall–Kier alpha value is -3.36. The van der Waals surface area contributed by atoms with Gasteiger partial charge in [-0.2, -0.15) is 0 Å². The van der Waals surface area contributed by atoms with Crippen molar-refractivity contribution in [1.29, 1.82) is 0 Å². The van der Waals surface area contributed by atoms with Gasteiger partial charge in [-0.15, -0.1) is 0 Å². The number of nitrogens with zero attached hydrogens (tertiary/aromatic N) is 2. The summed E-state index contributed by atoms with van der Waals surface area (Å²) in [5, 5.41) is 23.7. The second-order valence-electron chi connectivity index (χ2n) is 4.53. The molecule has 0 aliphatic rings. The van der Waals surface area contributed by atoms with Crippen LogP contribution in [0.2, 0.25) is 0 Å². The first kappa shape index (κ1) is 16.0. The fraction of sp³-hybridized carbons (Fsp3) is 0.0714. The molecule has 0 saturated carbocycles. The minimum absolute atomic E-state index is 0.154. The SMILES string of the molecule is O=C(Cc1ccccc1[N+](=O)[O-])Nc1cc([N+](=O)[O-])ccc1F. The maximum Gasteiger partial charge on any atom is 0.273 e. The molecule has 2 aromatic carbocycles. The van der Waals surface area contributed by atoms with Crippen molar-refractivity contribution in [3.8, 4) is 0 Å². The summed E-state index contributed by atoms with van der Waals surface area (Å²) in [6.45, 7) is 0. The lowest BCUT2D eigenvalue weighted by Crippen LogP contribution is -2.16. The summed E-state index contributed by atoms with van der Waals surface area (Å²) < 4.78 is 13.6. The van der Waals surface area contributed by atoms with Gasteiger partial charge in [0.05, 0.1) is 22.0 Å². The summed E-state index contributed by atoms with van der Waals surface area (Å²) >= 11 is 0. The third-order valence-electron chi connectivity index (χ3n) is 2.97. The number of rotatable bonds is 5. The Kier molecular flexibility index (Phi) is 4.60. The maximum absolute atomic E-state index is 13.6. The molecule has 0 aliphatic heterocycles. The summed E-state index contributed by atoms with van der Waals surface area (Å²) in [6, 6.07) is 8.35. The summed E-state index contributed by atoms with van der Waals surface area (Å²) in [5.41, 5.74) is -0.821. The molecule has 9 heteroatoms. The number of amides is 1. The molecule has 8 nitrogen and oxygen atoms in total. The second-order valence-corrected chi connectivity index (χ2v) is 4.53. The number of hydrogen-bond acceptors (Lipinski definition) is 5. The van der Waals surface area contributed by atoms with E-state index in [1.807, 2.05) is 0 Å². The van der Waals surface area contributed by atoms with Crippen molar-refractivity contribution in [2.45, 2.75) is 6.42 Å². The molecule has 0 saturated heterocycles. The highest BCUT2D eigenvalue weighted by Crippen LogP contribution is 2.22. The van der Waals surface area contributed by atoms with Crippen LogP contribution >= 0.6 is 0 Å². The van der Waals surface area contributed by atoms with E-state index in [9.17, 15) is 29.4 Å². The molecule has 118 valence electrons. The van der Waals surface area contributed by atoms with E-state index in [0.29, 0.717) is 0 Å². The first-order valence-electron chi connectivity index (χ1n) is 6.34. The standard InChI is InChI=1S/C14H10FN3O5/c15-11-6-5-10(17(20)21)8-12(11)16-14(19)7-9-3-1-2-4-13(9)18(22)23/h1-6,8H,7H2,(H,16,19). The highest BCUT2D eigenvalue weighted by molar-refractivity contribution is 5.93. The van der Waals surface area contributed by atoms with Crippen molar-refractivity contribution >= 4 is 23.0 Å². The number of nitro benzene ring substituents is 2. The molecule has 0 aliphatic carbocycles. The number of hydrogen-bond donors (Lipinski definition) is 1. The van der Waals surface area contributed by atoms with Gasteiger partial charge in [-0.3, -0.25) is 25.0 Å². The Morgan fingerprint density at radius 1 is 1.09 bits per heavy atom. The molecule has 23 heavy (non-hydrogen) atoms. The van der Waals surface area contributed by atoms with Crippen molar-refractivity contribution in [3.05, 3.63) is 74.1 Å². The van der Waals surface area contributed by atoms with Crippen LogP contribution in [-0.2, 0) is 11.2 Å². The Morgan fingerprint density at radius 3 is 2.43 bits per heavy atom. The molecule has 0 radical (unpaired) electrons. The van der Waals surface area contributed by atoms with E-state index in [1.54, 1.807) is 0 Å². The van der Waals surface area contributed by atoms with Crippen LogP contribution in [0.25, 0.3) is 0 Å². The molecular weight excluding hydrogens is 309 g/mol. The van der Waals surface area contributed by atoms with Crippen LogP contribution in [0.3, 0.4) is 0 Å². The lowest BCUT2D eigenvalue weighted by Gasteiger charge is -2.07. The van der Waals surface area contributed by atoms with E-state index < -0.39 is 21.6 Å². The van der Waals surface area contributed by atoms with Crippen molar-refractivity contribution in [1.82, 2.24) is 0 Å². The minimum Gasteiger partial charge on any atom is -0.323 e. The highest BCUT2D eigenvalue weighted by atomic mass is 19.1. The number of para-hydroxylation sites is 1. The van der Waals surface area contributed by atoms with E-state index in [1.165, 1.54) is 24.3 Å². The number of nitrogens with one attached hydrogen (secondary N) is 1. The number of non-ortho nitro benzene ring substituents is 1. The summed E-state index contributed by atoms with van der Waals surface area (Å²) in [5.74, 6) is -1.56. The quantitative estimate of drug-likeness (QED) is 0.672.